The zero-order chi connectivity index (χ0) is 22.0. The maximum atomic E-state index is 11.2. The smallest absolute Gasteiger partial charge is 0.274 e. The molecular weight excluding hydrogens is 398 g/mol. The molecule has 0 spiro atoms. The molecule has 156 valence electrons. The first-order chi connectivity index (χ1) is 14.9. The Labute approximate surface area is 177 Å². The number of fused-ring (bicyclic) bond motifs is 1. The van der Waals surface area contributed by atoms with Crippen LogP contribution in [-0.4, -0.2) is 27.8 Å². The van der Waals surface area contributed by atoms with Crippen LogP contribution in [0.4, 0.5) is 11.4 Å². The van der Waals surface area contributed by atoms with E-state index < -0.39 is 4.92 Å². The van der Waals surface area contributed by atoms with Crippen LogP contribution in [0.25, 0.3) is 22.6 Å². The van der Waals surface area contributed by atoms with Gasteiger partial charge in [-0.15, -0.1) is 0 Å². The van der Waals surface area contributed by atoms with Crippen molar-refractivity contribution >= 4 is 28.7 Å². The van der Waals surface area contributed by atoms with Crippen molar-refractivity contribution in [2.24, 2.45) is 4.99 Å². The number of nitro groups is 1. The monoisotopic (exact) mass is 417 g/mol. The molecule has 0 amide bonds. The van der Waals surface area contributed by atoms with Gasteiger partial charge in [-0.2, -0.15) is 0 Å². The van der Waals surface area contributed by atoms with Crippen molar-refractivity contribution in [2.45, 2.75) is 13.8 Å². The molecule has 0 saturated heterocycles. The first-order valence-electron chi connectivity index (χ1n) is 9.60. The first kappa shape index (κ1) is 20.1. The van der Waals surface area contributed by atoms with E-state index >= 15 is 0 Å². The van der Waals surface area contributed by atoms with Crippen LogP contribution < -0.4 is 4.74 Å². The maximum Gasteiger partial charge on any atom is 0.274 e. The van der Waals surface area contributed by atoms with E-state index in [-0.39, 0.29) is 29.4 Å². The van der Waals surface area contributed by atoms with E-state index in [0.717, 1.165) is 11.1 Å². The summed E-state index contributed by atoms with van der Waals surface area (Å²) in [7, 11) is 0. The lowest BCUT2D eigenvalue weighted by Gasteiger charge is -2.07. The highest BCUT2D eigenvalue weighted by Crippen LogP contribution is 2.34. The lowest BCUT2D eigenvalue weighted by Crippen LogP contribution is -1.97. The number of benzene rings is 3. The summed E-state index contributed by atoms with van der Waals surface area (Å²) in [6.07, 6.45) is 1.35. The van der Waals surface area contributed by atoms with Crippen molar-refractivity contribution in [3.63, 3.8) is 0 Å². The molecule has 0 unspecified atom stereocenters. The van der Waals surface area contributed by atoms with Gasteiger partial charge in [0.25, 0.3) is 5.69 Å². The third-order valence-corrected chi connectivity index (χ3v) is 4.59. The zero-order valence-electron chi connectivity index (χ0n) is 16.9. The van der Waals surface area contributed by atoms with Gasteiger partial charge in [0.2, 0.25) is 5.89 Å². The van der Waals surface area contributed by atoms with E-state index in [1.165, 1.54) is 18.3 Å². The van der Waals surface area contributed by atoms with E-state index in [1.807, 2.05) is 31.2 Å². The molecule has 3 aromatic carbocycles. The van der Waals surface area contributed by atoms with Gasteiger partial charge in [-0.25, -0.2) is 4.98 Å². The average molecular weight is 417 g/mol. The number of ether oxygens (including phenoxy) is 1. The van der Waals surface area contributed by atoms with Crippen molar-refractivity contribution in [1.82, 2.24) is 4.98 Å². The number of phenolic OH excluding ortho intramolecular Hbond substituents is 1. The molecule has 0 aliphatic rings. The lowest BCUT2D eigenvalue weighted by atomic mass is 10.1. The second kappa shape index (κ2) is 8.27. The molecule has 0 fully saturated rings. The molecule has 0 aliphatic carbocycles. The fourth-order valence-electron chi connectivity index (χ4n) is 3.13. The molecule has 0 bridgehead atoms. The highest BCUT2D eigenvalue weighted by molar-refractivity contribution is 5.89. The Morgan fingerprint density at radius 2 is 2.06 bits per heavy atom. The number of aromatic hydroxyl groups is 1. The van der Waals surface area contributed by atoms with Crippen molar-refractivity contribution in [3.05, 3.63) is 75.8 Å². The molecule has 0 radical (unpaired) electrons. The normalized spacial score (nSPS) is 11.3. The molecule has 0 saturated carbocycles. The van der Waals surface area contributed by atoms with Crippen molar-refractivity contribution in [1.29, 1.82) is 0 Å². The van der Waals surface area contributed by atoms with Gasteiger partial charge < -0.3 is 14.3 Å². The Balaban J connectivity index is 1.68. The number of hydrogen-bond acceptors (Lipinski definition) is 7. The second-order valence-electron chi connectivity index (χ2n) is 6.87. The Hall–Kier alpha value is -4.20. The quantitative estimate of drug-likeness (QED) is 0.249. The van der Waals surface area contributed by atoms with Crippen LogP contribution in [-0.2, 0) is 0 Å². The van der Waals surface area contributed by atoms with E-state index in [4.69, 9.17) is 9.15 Å². The summed E-state index contributed by atoms with van der Waals surface area (Å²) in [6.45, 7) is 3.99. The summed E-state index contributed by atoms with van der Waals surface area (Å²) in [6, 6.07) is 15.5. The number of non-ortho nitro benzene ring substituents is 1. The Morgan fingerprint density at radius 1 is 1.23 bits per heavy atom. The van der Waals surface area contributed by atoms with Crippen LogP contribution in [0.15, 0.2) is 64.0 Å². The SMILES string of the molecule is CCOc1cc([N+](=O)[O-])cc(C=Nc2ccc3oc(-c4cccc(C)c4)nc3c2)c1O. The maximum absolute atomic E-state index is 11.2. The van der Waals surface area contributed by atoms with Gasteiger partial charge in [-0.05, 0) is 44.2 Å². The minimum absolute atomic E-state index is 0.0351. The molecule has 1 aromatic heterocycles. The van der Waals surface area contributed by atoms with Crippen LogP contribution in [0, 0.1) is 17.0 Å². The lowest BCUT2D eigenvalue weighted by molar-refractivity contribution is -0.385. The Morgan fingerprint density at radius 3 is 2.81 bits per heavy atom. The number of hydrogen-bond donors (Lipinski definition) is 1. The van der Waals surface area contributed by atoms with Gasteiger partial charge in [-0.3, -0.25) is 15.1 Å². The molecule has 8 heteroatoms. The molecule has 0 atom stereocenters. The predicted octanol–water partition coefficient (Wildman–Crippen LogP) is 5.57. The van der Waals surface area contributed by atoms with E-state index in [1.54, 1.807) is 25.1 Å². The van der Waals surface area contributed by atoms with Gasteiger partial charge in [0, 0.05) is 23.4 Å². The van der Waals surface area contributed by atoms with E-state index in [2.05, 4.69) is 9.98 Å². The number of oxazole rings is 1. The Bertz CT molecular complexity index is 1310. The summed E-state index contributed by atoms with van der Waals surface area (Å²) >= 11 is 0. The highest BCUT2D eigenvalue weighted by atomic mass is 16.6. The summed E-state index contributed by atoms with van der Waals surface area (Å²) < 4.78 is 11.1. The molecule has 1 N–H and O–H groups in total. The fourth-order valence-corrected chi connectivity index (χ4v) is 3.13. The molecule has 4 rings (SSSR count). The Kier molecular flexibility index (Phi) is 5.36. The third-order valence-electron chi connectivity index (χ3n) is 4.59. The second-order valence-corrected chi connectivity index (χ2v) is 6.87. The largest absolute Gasteiger partial charge is 0.504 e. The molecule has 4 aromatic rings. The average Bonchev–Trinajstić information content (AvgIpc) is 3.18. The van der Waals surface area contributed by atoms with E-state index in [9.17, 15) is 15.2 Å². The van der Waals surface area contributed by atoms with Crippen LogP contribution in [0.2, 0.25) is 0 Å². The minimum atomic E-state index is -0.548. The number of aliphatic imine (C=N–C) groups is 1. The summed E-state index contributed by atoms with van der Waals surface area (Å²) in [5.41, 5.74) is 3.77. The number of rotatable bonds is 6. The molecule has 0 aliphatic heterocycles. The van der Waals surface area contributed by atoms with Crippen LogP contribution in [0.1, 0.15) is 18.1 Å². The summed E-state index contributed by atoms with van der Waals surface area (Å²) in [5, 5.41) is 21.5. The molecule has 31 heavy (non-hydrogen) atoms. The van der Waals surface area contributed by atoms with Gasteiger partial charge >= 0.3 is 0 Å². The van der Waals surface area contributed by atoms with Crippen molar-refractivity contribution in [2.75, 3.05) is 6.61 Å². The molecule has 8 nitrogen and oxygen atoms in total. The van der Waals surface area contributed by atoms with Gasteiger partial charge in [-0.1, -0.05) is 17.7 Å². The first-order valence-corrected chi connectivity index (χ1v) is 9.60. The standard InChI is InChI=1S/C23H19N3O5/c1-3-30-21-12-18(26(28)29)10-16(22(21)27)13-24-17-7-8-20-19(11-17)25-23(31-20)15-6-4-5-14(2)9-15/h4-13,27H,3H2,1-2H3. The van der Waals surface area contributed by atoms with Crippen LogP contribution in [0.3, 0.4) is 0 Å². The number of phenols is 1. The van der Waals surface area contributed by atoms with Gasteiger partial charge in [0.15, 0.2) is 17.1 Å². The number of aromatic nitrogens is 1. The zero-order valence-corrected chi connectivity index (χ0v) is 16.9. The minimum Gasteiger partial charge on any atom is -0.504 e. The fraction of sp³-hybridized carbons (Fsp3) is 0.130. The van der Waals surface area contributed by atoms with E-state index in [0.29, 0.717) is 22.7 Å². The van der Waals surface area contributed by atoms with Crippen LogP contribution >= 0.6 is 0 Å². The van der Waals surface area contributed by atoms with Crippen molar-refractivity contribution in [3.8, 4) is 23.0 Å². The number of nitrogens with zero attached hydrogens (tertiary/aromatic N) is 3. The summed E-state index contributed by atoms with van der Waals surface area (Å²) in [4.78, 5) is 19.5. The van der Waals surface area contributed by atoms with Crippen molar-refractivity contribution < 1.29 is 19.2 Å². The van der Waals surface area contributed by atoms with Gasteiger partial charge in [0.1, 0.15) is 5.52 Å². The predicted molar refractivity (Wildman–Crippen MR) is 117 cm³/mol. The third kappa shape index (κ3) is 4.23. The molecule has 1 heterocycles. The number of nitro benzene ring substituents is 1. The highest BCUT2D eigenvalue weighted by Gasteiger charge is 2.16. The summed E-state index contributed by atoms with van der Waals surface area (Å²) in [5.74, 6) is 0.339. The molecular formula is C23H19N3O5. The number of aryl methyl sites for hydroxylation is 1. The topological polar surface area (TPSA) is 111 Å². The van der Waals surface area contributed by atoms with Gasteiger partial charge in [0.05, 0.1) is 23.3 Å². The van der Waals surface area contributed by atoms with Crippen LogP contribution in [0.5, 0.6) is 11.5 Å².